The van der Waals surface area contributed by atoms with Crippen LogP contribution in [0.5, 0.6) is 0 Å². The summed E-state index contributed by atoms with van der Waals surface area (Å²) in [6.07, 6.45) is 6.38. The maximum Gasteiger partial charge on any atom is 0.319 e. The highest BCUT2D eigenvalue weighted by Gasteiger charge is 2.44. The largest absolute Gasteiger partial charge is 0.439 e. The second-order valence-corrected chi connectivity index (χ2v) is 8.52. The van der Waals surface area contributed by atoms with E-state index in [1.54, 1.807) is 26.2 Å². The normalized spacial score (nSPS) is 18.4. The Morgan fingerprint density at radius 2 is 2.17 bits per heavy atom. The van der Waals surface area contributed by atoms with Crippen molar-refractivity contribution in [3.63, 3.8) is 0 Å². The Balaban J connectivity index is 1.72. The molecule has 1 aromatic heterocycles. The molecule has 0 unspecified atom stereocenters. The molecule has 0 saturated heterocycles. The smallest absolute Gasteiger partial charge is 0.319 e. The number of hydrogen-bond donors (Lipinski definition) is 3. The first-order valence-electron chi connectivity index (χ1n) is 10.1. The zero-order valence-electron chi connectivity index (χ0n) is 17.2. The molecule has 1 fully saturated rings. The molecule has 1 saturated carbocycles. The Bertz CT molecular complexity index is 1010. The zero-order valence-corrected chi connectivity index (χ0v) is 17.9. The van der Waals surface area contributed by atoms with Crippen LogP contribution in [0.1, 0.15) is 43.6 Å². The van der Waals surface area contributed by atoms with Crippen molar-refractivity contribution in [1.29, 1.82) is 0 Å². The van der Waals surface area contributed by atoms with Crippen LogP contribution in [-0.2, 0) is 16.9 Å². The highest BCUT2D eigenvalue weighted by atomic mass is 35.5. The molecule has 30 heavy (non-hydrogen) atoms. The van der Waals surface area contributed by atoms with E-state index in [0.717, 1.165) is 37.7 Å². The van der Waals surface area contributed by atoms with Crippen LogP contribution in [0.2, 0.25) is 5.02 Å². The van der Waals surface area contributed by atoms with Crippen molar-refractivity contribution in [3.05, 3.63) is 35.2 Å². The van der Waals surface area contributed by atoms with Crippen molar-refractivity contribution in [2.75, 3.05) is 19.4 Å². The quantitative estimate of drug-likeness (QED) is 0.629. The lowest BCUT2D eigenvalue weighted by Gasteiger charge is -2.42. The van der Waals surface area contributed by atoms with Gasteiger partial charge in [0.25, 0.3) is 0 Å². The lowest BCUT2D eigenvalue weighted by atomic mass is 9.74. The molecule has 3 amide bonds. The fourth-order valence-corrected chi connectivity index (χ4v) is 4.68. The number of carbonyl (C=O) groups is 2. The molecule has 3 N–H and O–H groups in total. The molecule has 8 nitrogen and oxygen atoms in total. The molecule has 9 heteroatoms. The van der Waals surface area contributed by atoms with E-state index in [4.69, 9.17) is 16.0 Å². The molecular weight excluding hydrogens is 406 g/mol. The van der Waals surface area contributed by atoms with Gasteiger partial charge in [0, 0.05) is 19.7 Å². The van der Waals surface area contributed by atoms with Gasteiger partial charge in [0.15, 0.2) is 5.58 Å². The Hall–Kier alpha value is -2.58. The van der Waals surface area contributed by atoms with Gasteiger partial charge in [-0.2, -0.15) is 0 Å². The highest BCUT2D eigenvalue weighted by molar-refractivity contribution is 6.35. The first-order valence-corrected chi connectivity index (χ1v) is 10.5. The third kappa shape index (κ3) is 3.54. The predicted octanol–water partition coefficient (Wildman–Crippen LogP) is 3.51. The van der Waals surface area contributed by atoms with Crippen molar-refractivity contribution in [3.8, 4) is 0 Å². The van der Waals surface area contributed by atoms with E-state index in [1.807, 2.05) is 0 Å². The summed E-state index contributed by atoms with van der Waals surface area (Å²) in [6.45, 7) is 3.98. The standard InChI is InChI=1S/C21H26ClN5O3/c1-4-13(19(28)27(2)3)23-11-15-24-14-10-12(22)17-16(18(14)30-15)21(26-20(29)25-17)8-6-5-7-9-21/h4,10,13,23H,1,5-9,11H2,2-3H3,(H2,25,26,29)/t13-/m0/s1. The van der Waals surface area contributed by atoms with Gasteiger partial charge in [0.05, 0.1) is 22.8 Å². The third-order valence-corrected chi connectivity index (χ3v) is 6.17. The average molecular weight is 432 g/mol. The Kier molecular flexibility index (Phi) is 5.46. The van der Waals surface area contributed by atoms with Crippen LogP contribution < -0.4 is 16.0 Å². The summed E-state index contributed by atoms with van der Waals surface area (Å²) in [5, 5.41) is 9.53. The van der Waals surface area contributed by atoms with E-state index >= 15 is 0 Å². The summed E-state index contributed by atoms with van der Waals surface area (Å²) in [6, 6.07) is 0.919. The number of anilines is 1. The summed E-state index contributed by atoms with van der Waals surface area (Å²) in [4.78, 5) is 30.6. The van der Waals surface area contributed by atoms with Gasteiger partial charge >= 0.3 is 6.03 Å². The highest BCUT2D eigenvalue weighted by Crippen LogP contribution is 2.48. The molecule has 2 aromatic rings. The molecular formula is C21H26ClN5O3. The molecule has 160 valence electrons. The number of hydrogen-bond acceptors (Lipinski definition) is 5. The average Bonchev–Trinajstić information content (AvgIpc) is 3.11. The van der Waals surface area contributed by atoms with E-state index in [9.17, 15) is 9.59 Å². The first-order chi connectivity index (χ1) is 14.3. The number of benzene rings is 1. The van der Waals surface area contributed by atoms with Crippen molar-refractivity contribution in [2.24, 2.45) is 0 Å². The fraction of sp³-hybridized carbons (Fsp3) is 0.476. The molecule has 0 radical (unpaired) electrons. The van der Waals surface area contributed by atoms with Gasteiger partial charge in [0.2, 0.25) is 11.8 Å². The third-order valence-electron chi connectivity index (χ3n) is 5.87. The second-order valence-electron chi connectivity index (χ2n) is 8.11. The molecule has 1 aliphatic heterocycles. The first kappa shape index (κ1) is 20.7. The minimum absolute atomic E-state index is 0.102. The number of oxazole rings is 1. The second kappa shape index (κ2) is 7.92. The minimum Gasteiger partial charge on any atom is -0.439 e. The van der Waals surface area contributed by atoms with Crippen LogP contribution in [-0.4, -0.2) is 42.0 Å². The number of carbonyl (C=O) groups excluding carboxylic acids is 2. The Morgan fingerprint density at radius 1 is 1.43 bits per heavy atom. The zero-order chi connectivity index (χ0) is 21.5. The number of fused-ring (bicyclic) bond motifs is 4. The molecule has 4 rings (SSSR count). The predicted molar refractivity (Wildman–Crippen MR) is 115 cm³/mol. The van der Waals surface area contributed by atoms with Crippen molar-refractivity contribution >= 4 is 40.3 Å². The van der Waals surface area contributed by atoms with Crippen molar-refractivity contribution in [1.82, 2.24) is 20.5 Å². The molecule has 1 atom stereocenters. The van der Waals surface area contributed by atoms with Gasteiger partial charge in [-0.3, -0.25) is 10.1 Å². The lowest BCUT2D eigenvalue weighted by molar-refractivity contribution is -0.129. The van der Waals surface area contributed by atoms with Gasteiger partial charge < -0.3 is 20.0 Å². The summed E-state index contributed by atoms with van der Waals surface area (Å²) >= 11 is 6.52. The van der Waals surface area contributed by atoms with Crippen LogP contribution >= 0.6 is 11.6 Å². The van der Waals surface area contributed by atoms with E-state index in [2.05, 4.69) is 27.5 Å². The van der Waals surface area contributed by atoms with Crippen LogP contribution in [0.15, 0.2) is 23.1 Å². The van der Waals surface area contributed by atoms with E-state index in [0.29, 0.717) is 27.7 Å². The van der Waals surface area contributed by atoms with Crippen molar-refractivity contribution in [2.45, 2.75) is 50.2 Å². The Morgan fingerprint density at radius 3 is 2.83 bits per heavy atom. The number of rotatable bonds is 5. The number of nitrogens with one attached hydrogen (secondary N) is 3. The number of urea groups is 1. The molecule has 2 aliphatic rings. The van der Waals surface area contributed by atoms with Crippen LogP contribution in [0, 0.1) is 0 Å². The number of likely N-dealkylation sites (N-methyl/N-ethyl adjacent to an activating group) is 1. The Labute approximate surface area is 180 Å². The van der Waals surface area contributed by atoms with E-state index < -0.39 is 11.6 Å². The molecule has 1 spiro atoms. The summed E-state index contributed by atoms with van der Waals surface area (Å²) in [5.41, 5.74) is 2.21. The maximum atomic E-state index is 12.3. The van der Waals surface area contributed by atoms with Crippen LogP contribution in [0.25, 0.3) is 11.1 Å². The summed E-state index contributed by atoms with van der Waals surface area (Å²) < 4.78 is 6.14. The van der Waals surface area contributed by atoms with Gasteiger partial charge in [-0.1, -0.05) is 36.9 Å². The van der Waals surface area contributed by atoms with Gasteiger partial charge in [0.1, 0.15) is 11.6 Å². The van der Waals surface area contributed by atoms with Gasteiger partial charge in [-0.15, -0.1) is 6.58 Å². The monoisotopic (exact) mass is 431 g/mol. The maximum absolute atomic E-state index is 12.3. The van der Waals surface area contributed by atoms with Crippen molar-refractivity contribution < 1.29 is 14.0 Å². The number of amides is 3. The van der Waals surface area contributed by atoms with Gasteiger partial charge in [-0.25, -0.2) is 9.78 Å². The molecule has 2 heterocycles. The lowest BCUT2D eigenvalue weighted by Crippen LogP contribution is -2.52. The SMILES string of the molecule is C=C[C@H](NCc1nc2cc(Cl)c3c(c2o1)C1(CCCCC1)NC(=O)N3)C(=O)N(C)C. The minimum atomic E-state index is -0.543. The molecule has 0 bridgehead atoms. The number of halogens is 1. The van der Waals surface area contributed by atoms with Crippen LogP contribution in [0.3, 0.4) is 0 Å². The number of aromatic nitrogens is 1. The summed E-state index contributed by atoms with van der Waals surface area (Å²) in [5.74, 6) is 0.338. The van der Waals surface area contributed by atoms with Crippen LogP contribution in [0.4, 0.5) is 10.5 Å². The summed E-state index contributed by atoms with van der Waals surface area (Å²) in [7, 11) is 3.39. The van der Waals surface area contributed by atoms with Gasteiger partial charge in [-0.05, 0) is 18.9 Å². The molecule has 1 aromatic carbocycles. The van der Waals surface area contributed by atoms with E-state index in [1.165, 1.54) is 4.90 Å². The number of nitrogens with zero attached hydrogens (tertiary/aromatic N) is 2. The van der Waals surface area contributed by atoms with E-state index in [-0.39, 0.29) is 18.5 Å². The fourth-order valence-electron chi connectivity index (χ4n) is 4.44. The molecule has 1 aliphatic carbocycles. The topological polar surface area (TPSA) is 99.5 Å².